The van der Waals surface area contributed by atoms with E-state index in [0.717, 1.165) is 37.3 Å². The molecule has 4 rings (SSSR count). The molecule has 2 heterocycles. The second kappa shape index (κ2) is 9.80. The number of amides is 1. The summed E-state index contributed by atoms with van der Waals surface area (Å²) >= 11 is 6.15. The molecule has 2 aliphatic heterocycles. The van der Waals surface area contributed by atoms with Crippen LogP contribution in [0.5, 0.6) is 0 Å². The molecule has 0 aromatic heterocycles. The van der Waals surface area contributed by atoms with Gasteiger partial charge in [-0.25, -0.2) is 9.18 Å². The molecule has 2 aliphatic rings. The lowest BCUT2D eigenvalue weighted by atomic mass is 10.1. The first-order chi connectivity index (χ1) is 15.7. The molecule has 2 saturated heterocycles. The number of carbonyl (C=O) groups excluding carboxylic acids is 1. The van der Waals surface area contributed by atoms with Crippen molar-refractivity contribution in [3.05, 3.63) is 53.3 Å². The molecule has 178 valence electrons. The van der Waals surface area contributed by atoms with Gasteiger partial charge >= 0.3 is 6.09 Å². The van der Waals surface area contributed by atoms with Gasteiger partial charge in [-0.15, -0.1) is 0 Å². The molecule has 0 spiro atoms. The number of halogens is 2. The minimum absolute atomic E-state index is 0.0595. The van der Waals surface area contributed by atoms with Crippen LogP contribution in [0.4, 0.5) is 26.2 Å². The van der Waals surface area contributed by atoms with Gasteiger partial charge in [-0.1, -0.05) is 11.6 Å². The Balaban J connectivity index is 1.68. The number of anilines is 3. The number of benzene rings is 2. The molecule has 2 aromatic rings. The van der Waals surface area contributed by atoms with Crippen LogP contribution in [0.15, 0.2) is 42.5 Å². The van der Waals surface area contributed by atoms with Crippen molar-refractivity contribution in [1.29, 1.82) is 0 Å². The maximum atomic E-state index is 14.0. The molecule has 1 atom stereocenters. The number of piperidine rings is 1. The Labute approximate surface area is 201 Å². The minimum atomic E-state index is -0.579. The van der Waals surface area contributed by atoms with E-state index in [9.17, 15) is 9.18 Å². The summed E-state index contributed by atoms with van der Waals surface area (Å²) in [5.41, 5.74) is 2.29. The van der Waals surface area contributed by atoms with Crippen LogP contribution in [-0.2, 0) is 4.74 Å². The summed E-state index contributed by atoms with van der Waals surface area (Å²) in [7, 11) is 0. The summed E-state index contributed by atoms with van der Waals surface area (Å²) in [6.45, 7) is 8.36. The minimum Gasteiger partial charge on any atom is -0.444 e. The first kappa shape index (κ1) is 23.7. The summed E-state index contributed by atoms with van der Waals surface area (Å²) in [6.07, 6.45) is 4.78. The van der Waals surface area contributed by atoms with E-state index in [4.69, 9.17) is 16.3 Å². The van der Waals surface area contributed by atoms with Gasteiger partial charge < -0.3 is 14.5 Å². The van der Waals surface area contributed by atoms with Crippen LogP contribution < -0.4 is 9.80 Å². The van der Waals surface area contributed by atoms with Gasteiger partial charge in [-0.3, -0.25) is 4.90 Å². The largest absolute Gasteiger partial charge is 0.444 e. The molecule has 0 aliphatic carbocycles. The molecule has 0 N–H and O–H groups in total. The molecule has 0 bridgehead atoms. The van der Waals surface area contributed by atoms with Crippen molar-refractivity contribution in [3.8, 4) is 0 Å². The van der Waals surface area contributed by atoms with Crippen LogP contribution in [0.3, 0.4) is 0 Å². The Morgan fingerprint density at radius 3 is 2.30 bits per heavy atom. The Morgan fingerprint density at radius 1 is 1.00 bits per heavy atom. The smallest absolute Gasteiger partial charge is 0.411 e. The van der Waals surface area contributed by atoms with Gasteiger partial charge in [0, 0.05) is 36.7 Å². The van der Waals surface area contributed by atoms with Crippen molar-refractivity contribution < 1.29 is 13.9 Å². The van der Waals surface area contributed by atoms with Gasteiger partial charge in [-0.2, -0.15) is 0 Å². The summed E-state index contributed by atoms with van der Waals surface area (Å²) in [6, 6.07) is 13.1. The first-order valence-corrected chi connectivity index (χ1v) is 12.2. The van der Waals surface area contributed by atoms with Crippen LogP contribution in [-0.4, -0.2) is 42.4 Å². The number of ether oxygens (including phenoxy) is 1. The highest BCUT2D eigenvalue weighted by Crippen LogP contribution is 2.37. The van der Waals surface area contributed by atoms with Crippen molar-refractivity contribution in [2.75, 3.05) is 29.4 Å². The zero-order valence-corrected chi connectivity index (χ0v) is 20.4. The Kier molecular flexibility index (Phi) is 7.03. The van der Waals surface area contributed by atoms with Crippen LogP contribution in [0, 0.1) is 5.82 Å². The van der Waals surface area contributed by atoms with Gasteiger partial charge in [0.05, 0.1) is 5.02 Å². The predicted molar refractivity (Wildman–Crippen MR) is 132 cm³/mol. The lowest BCUT2D eigenvalue weighted by Gasteiger charge is -2.38. The number of rotatable bonds is 4. The van der Waals surface area contributed by atoms with E-state index in [1.54, 1.807) is 17.0 Å². The van der Waals surface area contributed by atoms with Crippen molar-refractivity contribution in [3.63, 3.8) is 0 Å². The van der Waals surface area contributed by atoms with E-state index in [0.29, 0.717) is 6.54 Å². The maximum absolute atomic E-state index is 14.0. The Bertz CT molecular complexity index is 970. The van der Waals surface area contributed by atoms with Gasteiger partial charge in [0.15, 0.2) is 0 Å². The average molecular weight is 474 g/mol. The van der Waals surface area contributed by atoms with E-state index in [-0.39, 0.29) is 17.3 Å². The number of hydrogen-bond donors (Lipinski definition) is 0. The van der Waals surface area contributed by atoms with Crippen molar-refractivity contribution in [1.82, 2.24) is 4.90 Å². The molecule has 0 saturated carbocycles. The molecule has 5 nitrogen and oxygen atoms in total. The fourth-order valence-corrected chi connectivity index (χ4v) is 4.83. The highest BCUT2D eigenvalue weighted by Gasteiger charge is 2.37. The monoisotopic (exact) mass is 473 g/mol. The van der Waals surface area contributed by atoms with E-state index in [1.165, 1.54) is 31.0 Å². The van der Waals surface area contributed by atoms with Gasteiger partial charge in [0.1, 0.15) is 17.6 Å². The molecular formula is C26H33ClFN3O2. The second-order valence-corrected chi connectivity index (χ2v) is 10.2. The fraction of sp³-hybridized carbons (Fsp3) is 0.500. The van der Waals surface area contributed by atoms with Crippen molar-refractivity contribution in [2.45, 2.75) is 64.6 Å². The topological polar surface area (TPSA) is 36.0 Å². The van der Waals surface area contributed by atoms with E-state index >= 15 is 0 Å². The summed E-state index contributed by atoms with van der Waals surface area (Å²) in [5.74, 6) is -0.462. The lowest BCUT2D eigenvalue weighted by Crippen LogP contribution is -2.47. The lowest BCUT2D eigenvalue weighted by molar-refractivity contribution is 0.0231. The van der Waals surface area contributed by atoms with Crippen molar-refractivity contribution in [2.24, 2.45) is 0 Å². The first-order valence-electron chi connectivity index (χ1n) is 11.8. The van der Waals surface area contributed by atoms with Crippen LogP contribution in [0.2, 0.25) is 5.02 Å². The van der Waals surface area contributed by atoms with E-state index in [1.807, 2.05) is 20.8 Å². The predicted octanol–water partition coefficient (Wildman–Crippen LogP) is 6.96. The molecule has 7 heteroatoms. The second-order valence-electron chi connectivity index (χ2n) is 9.83. The molecule has 1 amide bonds. The van der Waals surface area contributed by atoms with Crippen molar-refractivity contribution >= 4 is 34.8 Å². The van der Waals surface area contributed by atoms with Gasteiger partial charge in [-0.05, 0) is 95.3 Å². The third-order valence-corrected chi connectivity index (χ3v) is 6.47. The van der Waals surface area contributed by atoms with Crippen LogP contribution >= 0.6 is 11.6 Å². The number of likely N-dealkylation sites (tertiary alicyclic amines) is 1. The standard InChI is InChI=1S/C26H33ClFN3O2/c1-26(2,3)33-25(32)30-17-7-8-24(30)31(21-13-14-23(28)22(27)18-21)20-11-9-19(10-12-20)29-15-5-4-6-16-29/h9-14,18,24H,4-8,15-17H2,1-3H3/t24-/m1/s1. The summed E-state index contributed by atoms with van der Waals surface area (Å²) < 4.78 is 19.6. The SMILES string of the molecule is CC(C)(C)OC(=O)N1CCC[C@H]1N(c1ccc(N2CCCCC2)cc1)c1ccc(F)c(Cl)c1. The van der Waals surface area contributed by atoms with Gasteiger partial charge in [0.2, 0.25) is 0 Å². The zero-order valence-electron chi connectivity index (χ0n) is 19.7. The third-order valence-electron chi connectivity index (χ3n) is 6.18. The summed E-state index contributed by atoms with van der Waals surface area (Å²) in [4.78, 5) is 19.3. The maximum Gasteiger partial charge on any atom is 0.411 e. The highest BCUT2D eigenvalue weighted by atomic mass is 35.5. The fourth-order valence-electron chi connectivity index (χ4n) is 4.66. The Hall–Kier alpha value is -2.47. The van der Waals surface area contributed by atoms with Crippen LogP contribution in [0.1, 0.15) is 52.9 Å². The molecule has 0 unspecified atom stereocenters. The quantitative estimate of drug-likeness (QED) is 0.480. The summed E-state index contributed by atoms with van der Waals surface area (Å²) in [5, 5.41) is 0.0595. The van der Waals surface area contributed by atoms with E-state index in [2.05, 4.69) is 34.1 Å². The molecule has 0 radical (unpaired) electrons. The van der Waals surface area contributed by atoms with Gasteiger partial charge in [0.25, 0.3) is 0 Å². The number of nitrogens with zero attached hydrogens (tertiary/aromatic N) is 3. The molecule has 2 fully saturated rings. The number of hydrogen-bond acceptors (Lipinski definition) is 4. The third kappa shape index (κ3) is 5.55. The number of carbonyl (C=O) groups is 1. The average Bonchev–Trinajstić information content (AvgIpc) is 3.26. The molecule has 33 heavy (non-hydrogen) atoms. The normalized spacial score (nSPS) is 19.0. The van der Waals surface area contributed by atoms with Crippen LogP contribution in [0.25, 0.3) is 0 Å². The highest BCUT2D eigenvalue weighted by molar-refractivity contribution is 6.31. The van der Waals surface area contributed by atoms with E-state index < -0.39 is 11.4 Å². The zero-order chi connectivity index (χ0) is 23.6. The molecule has 2 aromatic carbocycles. The Morgan fingerprint density at radius 2 is 1.67 bits per heavy atom. The molecular weight excluding hydrogens is 441 g/mol.